The number of hydrogen-bond donors (Lipinski definition) is 1. The van der Waals surface area contributed by atoms with Crippen LogP contribution in [0, 0.1) is 4.77 Å². The Morgan fingerprint density at radius 3 is 2.83 bits per heavy atom. The molecule has 0 atom stereocenters. The molecule has 1 aliphatic carbocycles. The van der Waals surface area contributed by atoms with Crippen molar-refractivity contribution >= 4 is 23.6 Å². The van der Waals surface area contributed by atoms with E-state index in [1.54, 1.807) is 11.3 Å². The minimum atomic E-state index is 0.127. The van der Waals surface area contributed by atoms with E-state index in [1.807, 2.05) is 0 Å². The Bertz CT molecular complexity index is 574. The number of aromatic amines is 1. The zero-order valence-electron chi connectivity index (χ0n) is 10.5. The smallest absolute Gasteiger partial charge is 0.195 e. The van der Waals surface area contributed by atoms with E-state index in [1.165, 1.54) is 37.0 Å². The minimum Gasteiger partial charge on any atom is -0.294 e. The first-order valence-corrected chi connectivity index (χ1v) is 7.71. The van der Waals surface area contributed by atoms with Crippen LogP contribution in [0.4, 0.5) is 0 Å². The van der Waals surface area contributed by atoms with E-state index in [0.717, 1.165) is 10.6 Å². The van der Waals surface area contributed by atoms with Gasteiger partial charge in [-0.25, -0.2) is 0 Å². The van der Waals surface area contributed by atoms with E-state index < -0.39 is 0 Å². The molecule has 96 valence electrons. The molecule has 0 spiro atoms. The van der Waals surface area contributed by atoms with Crippen LogP contribution in [0.15, 0.2) is 17.5 Å². The van der Waals surface area contributed by atoms with E-state index >= 15 is 0 Å². The average molecular weight is 279 g/mol. The molecule has 5 heteroatoms. The number of rotatable bonds is 2. The van der Waals surface area contributed by atoms with Gasteiger partial charge in [-0.05, 0) is 43.4 Å². The molecule has 1 saturated carbocycles. The van der Waals surface area contributed by atoms with Crippen LogP contribution in [0.1, 0.15) is 39.0 Å². The van der Waals surface area contributed by atoms with Gasteiger partial charge in [-0.3, -0.25) is 9.67 Å². The zero-order chi connectivity index (χ0) is 12.6. The summed E-state index contributed by atoms with van der Waals surface area (Å²) in [4.78, 5) is 1.19. The van der Waals surface area contributed by atoms with Crippen LogP contribution < -0.4 is 0 Å². The van der Waals surface area contributed by atoms with Gasteiger partial charge in [-0.2, -0.15) is 5.10 Å². The Morgan fingerprint density at radius 1 is 1.39 bits per heavy atom. The fourth-order valence-electron chi connectivity index (χ4n) is 2.91. The number of H-pyrrole nitrogens is 1. The lowest BCUT2D eigenvalue weighted by atomic mass is 9.83. The molecule has 0 aliphatic heterocycles. The van der Waals surface area contributed by atoms with Crippen molar-refractivity contribution in [3.05, 3.63) is 22.3 Å². The normalized spacial score (nSPS) is 18.9. The van der Waals surface area contributed by atoms with Gasteiger partial charge >= 0.3 is 0 Å². The van der Waals surface area contributed by atoms with Gasteiger partial charge in [0, 0.05) is 5.54 Å². The largest absolute Gasteiger partial charge is 0.294 e. The van der Waals surface area contributed by atoms with Crippen molar-refractivity contribution in [2.24, 2.45) is 0 Å². The van der Waals surface area contributed by atoms with Gasteiger partial charge < -0.3 is 0 Å². The van der Waals surface area contributed by atoms with E-state index in [2.05, 4.69) is 39.2 Å². The Kier molecular flexibility index (Phi) is 3.11. The Hall–Kier alpha value is -0.940. The lowest BCUT2D eigenvalue weighted by Gasteiger charge is -2.35. The minimum absolute atomic E-state index is 0.127. The van der Waals surface area contributed by atoms with Crippen LogP contribution in [-0.2, 0) is 5.54 Å². The lowest BCUT2D eigenvalue weighted by molar-refractivity contribution is 0.218. The molecule has 2 heterocycles. The van der Waals surface area contributed by atoms with Gasteiger partial charge in [0.25, 0.3) is 0 Å². The molecular formula is C13H17N3S2. The van der Waals surface area contributed by atoms with E-state index in [9.17, 15) is 0 Å². The summed E-state index contributed by atoms with van der Waals surface area (Å²) in [6.07, 6.45) is 6.30. The van der Waals surface area contributed by atoms with E-state index in [0.29, 0.717) is 0 Å². The highest BCUT2D eigenvalue weighted by atomic mass is 32.1. The Labute approximate surface area is 116 Å². The summed E-state index contributed by atoms with van der Waals surface area (Å²) >= 11 is 7.17. The van der Waals surface area contributed by atoms with Gasteiger partial charge in [0.2, 0.25) is 0 Å². The fraction of sp³-hybridized carbons (Fsp3) is 0.538. The van der Waals surface area contributed by atoms with Gasteiger partial charge in [0.1, 0.15) is 0 Å². The van der Waals surface area contributed by atoms with Crippen molar-refractivity contribution in [2.45, 2.75) is 44.6 Å². The summed E-state index contributed by atoms with van der Waals surface area (Å²) in [5, 5.41) is 9.49. The molecule has 2 aromatic heterocycles. The lowest BCUT2D eigenvalue weighted by Crippen LogP contribution is -2.33. The number of hydrogen-bond acceptors (Lipinski definition) is 3. The molecule has 0 aromatic carbocycles. The molecule has 0 radical (unpaired) electrons. The van der Waals surface area contributed by atoms with Crippen LogP contribution in [-0.4, -0.2) is 14.8 Å². The second kappa shape index (κ2) is 4.63. The summed E-state index contributed by atoms with van der Waals surface area (Å²) in [7, 11) is 0. The molecule has 18 heavy (non-hydrogen) atoms. The monoisotopic (exact) mass is 279 g/mol. The van der Waals surface area contributed by atoms with E-state index in [4.69, 9.17) is 12.2 Å². The third-order valence-electron chi connectivity index (χ3n) is 3.88. The molecule has 1 N–H and O–H groups in total. The fourth-order valence-corrected chi connectivity index (χ4v) is 3.96. The van der Waals surface area contributed by atoms with Crippen LogP contribution in [0.25, 0.3) is 10.7 Å². The first-order valence-electron chi connectivity index (χ1n) is 6.42. The first kappa shape index (κ1) is 12.1. The molecule has 2 aromatic rings. The Balaban J connectivity index is 2.11. The van der Waals surface area contributed by atoms with Crippen LogP contribution in [0.2, 0.25) is 0 Å². The van der Waals surface area contributed by atoms with Gasteiger partial charge in [-0.1, -0.05) is 25.3 Å². The molecule has 3 rings (SSSR count). The van der Waals surface area contributed by atoms with Crippen molar-refractivity contribution in [1.82, 2.24) is 14.8 Å². The van der Waals surface area contributed by atoms with Gasteiger partial charge in [0.15, 0.2) is 10.6 Å². The predicted molar refractivity (Wildman–Crippen MR) is 77.5 cm³/mol. The van der Waals surface area contributed by atoms with Crippen molar-refractivity contribution in [3.63, 3.8) is 0 Å². The number of aromatic nitrogens is 3. The summed E-state index contributed by atoms with van der Waals surface area (Å²) in [6.45, 7) is 2.31. The maximum absolute atomic E-state index is 5.45. The highest BCUT2D eigenvalue weighted by Crippen LogP contribution is 2.38. The SMILES string of the molecule is CC1(n2c(-c3cccs3)n[nH]c2=S)CCCCC1. The average Bonchev–Trinajstić information content (AvgIpc) is 2.98. The maximum atomic E-state index is 5.45. The number of nitrogens with one attached hydrogen (secondary N) is 1. The molecule has 0 bridgehead atoms. The highest BCUT2D eigenvalue weighted by molar-refractivity contribution is 7.71. The standard InChI is InChI=1S/C13H17N3S2/c1-13(7-3-2-4-8-13)16-11(14-15-12(16)17)10-6-5-9-18-10/h5-6,9H,2-4,7-8H2,1H3,(H,15,17). The number of nitrogens with zero attached hydrogens (tertiary/aromatic N) is 2. The molecule has 3 nitrogen and oxygen atoms in total. The third-order valence-corrected chi connectivity index (χ3v) is 5.02. The van der Waals surface area contributed by atoms with Crippen LogP contribution >= 0.6 is 23.6 Å². The van der Waals surface area contributed by atoms with Crippen LogP contribution in [0.5, 0.6) is 0 Å². The zero-order valence-corrected chi connectivity index (χ0v) is 12.1. The maximum Gasteiger partial charge on any atom is 0.195 e. The molecule has 0 saturated heterocycles. The van der Waals surface area contributed by atoms with Crippen molar-refractivity contribution in [2.75, 3.05) is 0 Å². The summed E-state index contributed by atoms with van der Waals surface area (Å²) in [5.41, 5.74) is 0.127. The molecule has 1 aliphatic rings. The highest BCUT2D eigenvalue weighted by Gasteiger charge is 2.32. The summed E-state index contributed by atoms with van der Waals surface area (Å²) < 4.78 is 3.00. The second-order valence-corrected chi connectivity index (χ2v) is 6.56. The molecule has 0 unspecified atom stereocenters. The molecule has 0 amide bonds. The van der Waals surface area contributed by atoms with Crippen molar-refractivity contribution < 1.29 is 0 Å². The Morgan fingerprint density at radius 2 is 2.17 bits per heavy atom. The summed E-state index contributed by atoms with van der Waals surface area (Å²) in [5.74, 6) is 0.999. The second-order valence-electron chi connectivity index (χ2n) is 5.22. The summed E-state index contributed by atoms with van der Waals surface area (Å²) in [6, 6.07) is 4.17. The quantitative estimate of drug-likeness (QED) is 0.829. The third kappa shape index (κ3) is 1.95. The van der Waals surface area contributed by atoms with Gasteiger partial charge in [0.05, 0.1) is 4.88 Å². The molecule has 1 fully saturated rings. The topological polar surface area (TPSA) is 33.6 Å². The molecular weight excluding hydrogens is 262 g/mol. The first-order chi connectivity index (χ1) is 8.71. The van der Waals surface area contributed by atoms with Crippen molar-refractivity contribution in [3.8, 4) is 10.7 Å². The van der Waals surface area contributed by atoms with Gasteiger partial charge in [-0.15, -0.1) is 11.3 Å². The van der Waals surface area contributed by atoms with E-state index in [-0.39, 0.29) is 5.54 Å². The number of thiophene rings is 1. The van der Waals surface area contributed by atoms with Crippen molar-refractivity contribution in [1.29, 1.82) is 0 Å². The predicted octanol–water partition coefficient (Wildman–Crippen LogP) is 4.35. The van der Waals surface area contributed by atoms with Crippen LogP contribution in [0.3, 0.4) is 0 Å².